The molecular weight excluding hydrogens is 984 g/mol. The lowest BCUT2D eigenvalue weighted by Crippen LogP contribution is -2.64. The van der Waals surface area contributed by atoms with Gasteiger partial charge in [-0.25, -0.2) is 9.59 Å². The Morgan fingerprint density at radius 1 is 0.803 bits per heavy atom. The summed E-state index contributed by atoms with van der Waals surface area (Å²) in [4.78, 5) is 29.0. The number of nitrogens with zero attached hydrogens (tertiary/aromatic N) is 1. The normalized spacial score (nSPS) is 34.5. The van der Waals surface area contributed by atoms with Gasteiger partial charge in [0.2, 0.25) is 0 Å². The van der Waals surface area contributed by atoms with Crippen LogP contribution in [-0.2, 0) is 46.2 Å². The van der Waals surface area contributed by atoms with Crippen molar-refractivity contribution in [1.29, 1.82) is 0 Å². The van der Waals surface area contributed by atoms with Crippen molar-refractivity contribution < 1.29 is 68.6 Å². The van der Waals surface area contributed by atoms with Gasteiger partial charge in [-0.1, -0.05) is 72.4 Å². The maximum atomic E-state index is 13.9. The minimum absolute atomic E-state index is 0.0645. The van der Waals surface area contributed by atoms with Gasteiger partial charge in [-0.3, -0.25) is 4.90 Å². The van der Waals surface area contributed by atoms with Crippen molar-refractivity contribution in [2.75, 3.05) is 59.0 Å². The third kappa shape index (κ3) is 15.9. The number of carbonyl (C=O) groups excluding carboxylic acids is 1. The van der Waals surface area contributed by atoms with Gasteiger partial charge in [0.05, 0.1) is 30.5 Å². The molecule has 2 saturated carbocycles. The molecule has 3 saturated heterocycles. The number of carboxylic acids is 1. The van der Waals surface area contributed by atoms with Gasteiger partial charge in [-0.2, -0.15) is 0 Å². The summed E-state index contributed by atoms with van der Waals surface area (Å²) in [5.74, 6) is -2.03. The van der Waals surface area contributed by atoms with Crippen molar-refractivity contribution in [2.24, 2.45) is 17.8 Å². The fourth-order valence-corrected chi connectivity index (χ4v) is 11.0. The van der Waals surface area contributed by atoms with Crippen LogP contribution in [0, 0.1) is 17.8 Å². The summed E-state index contributed by atoms with van der Waals surface area (Å²) in [7, 11) is 0. The minimum atomic E-state index is -1.62. The molecule has 5 fully saturated rings. The number of halogens is 1. The molecule has 18 nitrogen and oxygen atoms in total. The Labute approximate surface area is 426 Å². The summed E-state index contributed by atoms with van der Waals surface area (Å²) in [6.45, 7) is 11.5. The molecule has 2 aliphatic carbocycles. The fourth-order valence-electron chi connectivity index (χ4n) is 10.4. The molecule has 15 atom stereocenters. The van der Waals surface area contributed by atoms with E-state index in [1.165, 1.54) is 5.56 Å². The summed E-state index contributed by atoms with van der Waals surface area (Å²) in [6, 6.07) is 14.8. The van der Waals surface area contributed by atoms with Crippen LogP contribution in [0.25, 0.3) is 0 Å². The number of aliphatic carboxylic acids is 1. The first-order valence-electron chi connectivity index (χ1n) is 26.0. The van der Waals surface area contributed by atoms with Crippen LogP contribution in [0.2, 0.25) is 0 Å². The fraction of sp³-hybridized carbons (Fsp3) is 0.731. The van der Waals surface area contributed by atoms with E-state index < -0.39 is 98.3 Å². The highest BCUT2D eigenvalue weighted by Gasteiger charge is 2.54. The average molecular weight is 1060 g/mol. The number of carbonyl (C=O) groups is 2. The van der Waals surface area contributed by atoms with Crippen molar-refractivity contribution >= 4 is 27.9 Å². The second-order valence-corrected chi connectivity index (χ2v) is 21.1. The van der Waals surface area contributed by atoms with E-state index >= 15 is 0 Å². The van der Waals surface area contributed by atoms with Crippen LogP contribution >= 0.6 is 15.9 Å². The third-order valence-electron chi connectivity index (χ3n) is 14.8. The number of carboxylic acid groups (broad SMARTS) is 1. The van der Waals surface area contributed by atoms with Gasteiger partial charge in [0.1, 0.15) is 36.6 Å². The maximum Gasteiger partial charge on any atom is 0.338 e. The Morgan fingerprint density at radius 2 is 1.54 bits per heavy atom. The molecule has 2 aromatic rings. The van der Waals surface area contributed by atoms with Gasteiger partial charge in [-0.05, 0) is 125 Å². The summed E-state index contributed by atoms with van der Waals surface area (Å²) >= 11 is 3.90. The predicted octanol–water partition coefficient (Wildman–Crippen LogP) is 2.72. The zero-order valence-electron chi connectivity index (χ0n) is 41.3. The van der Waals surface area contributed by atoms with Crippen molar-refractivity contribution in [1.82, 2.24) is 20.9 Å². The van der Waals surface area contributed by atoms with Gasteiger partial charge in [0, 0.05) is 37.2 Å². The van der Waals surface area contributed by atoms with Gasteiger partial charge < -0.3 is 75.0 Å². The summed E-state index contributed by atoms with van der Waals surface area (Å²) in [6.07, 6.45) is -9.90. The second-order valence-electron chi connectivity index (χ2n) is 20.2. The lowest BCUT2D eigenvalue weighted by atomic mass is 9.74. The van der Waals surface area contributed by atoms with Crippen LogP contribution in [0.4, 0.5) is 0 Å². The molecular formula is C52H79BrN4O14. The minimum Gasteiger partial charge on any atom is -0.479 e. The standard InChI is InChI=1S/C52H79BrN4O14/c1-3-35-25-34(14-13-32-15-16-37(38(53)26-32)29-57-23-8-19-55-21-20-54-17-7-18-56-22-24-57)28-39(46(35)71-51-45(62)44(61)42(59)31(2)66-51)68-52-48(70-50(65)36-9-5-4-6-10-36)47(43(60)41(30-58)69-52)67-40(49(63)64)27-33-11-12-33/h4-6,9-10,15-16,26,31,33-35,39-48,51-52,54-56,58-62H,3,7-8,11-14,17-25,27-30H2,1-2H3,(H,63,64)/t31?,34?,35?,39?,40-,41?,42?,43?,44?,45?,46?,47?,48?,51?,52?/m0/s1. The van der Waals surface area contributed by atoms with Crippen LogP contribution in [0.1, 0.15) is 93.1 Å². The molecule has 5 aliphatic rings. The number of hydrogen-bond acceptors (Lipinski definition) is 17. The molecule has 2 aromatic carbocycles. The lowest BCUT2D eigenvalue weighted by molar-refractivity contribution is -0.350. The molecule has 3 heterocycles. The van der Waals surface area contributed by atoms with Gasteiger partial charge in [-0.15, -0.1) is 0 Å². The molecule has 7 rings (SSSR count). The molecule has 19 heteroatoms. The van der Waals surface area contributed by atoms with Crippen molar-refractivity contribution in [3.8, 4) is 0 Å². The summed E-state index contributed by atoms with van der Waals surface area (Å²) in [5.41, 5.74) is 2.56. The van der Waals surface area contributed by atoms with Crippen molar-refractivity contribution in [3.05, 3.63) is 69.7 Å². The molecule has 0 amide bonds. The van der Waals surface area contributed by atoms with E-state index in [2.05, 4.69) is 55.0 Å². The average Bonchev–Trinajstić information content (AvgIpc) is 4.20. The molecule has 14 unspecified atom stereocenters. The van der Waals surface area contributed by atoms with Crippen LogP contribution < -0.4 is 16.0 Å². The highest BCUT2D eigenvalue weighted by Crippen LogP contribution is 2.42. The number of rotatable bonds is 18. The summed E-state index contributed by atoms with van der Waals surface area (Å²) in [5, 5.41) is 75.6. The first kappa shape index (κ1) is 56.0. The smallest absolute Gasteiger partial charge is 0.338 e. The number of benzene rings is 2. The van der Waals surface area contributed by atoms with E-state index in [-0.39, 0.29) is 29.7 Å². The van der Waals surface area contributed by atoms with Crippen molar-refractivity contribution in [3.63, 3.8) is 0 Å². The largest absolute Gasteiger partial charge is 0.479 e. The number of nitrogens with one attached hydrogen (secondary N) is 3. The first-order chi connectivity index (χ1) is 34.3. The monoisotopic (exact) mass is 1060 g/mol. The highest BCUT2D eigenvalue weighted by atomic mass is 79.9. The van der Waals surface area contributed by atoms with E-state index in [1.807, 2.05) is 6.92 Å². The van der Waals surface area contributed by atoms with Gasteiger partial charge in [0.25, 0.3) is 0 Å². The Bertz CT molecular complexity index is 1930. The molecule has 0 aromatic heterocycles. The number of hydrogen-bond donors (Lipinski definition) is 9. The number of aryl methyl sites for hydroxylation is 1. The van der Waals surface area contributed by atoms with Crippen LogP contribution in [0.5, 0.6) is 0 Å². The zero-order valence-corrected chi connectivity index (χ0v) is 42.9. The van der Waals surface area contributed by atoms with Gasteiger partial charge >= 0.3 is 11.9 Å². The van der Waals surface area contributed by atoms with E-state index in [0.717, 1.165) is 107 Å². The van der Waals surface area contributed by atoms with Crippen molar-refractivity contribution in [2.45, 2.75) is 164 Å². The van der Waals surface area contributed by atoms with E-state index in [1.54, 1.807) is 37.3 Å². The van der Waals surface area contributed by atoms with Gasteiger partial charge in [0.15, 0.2) is 24.8 Å². The third-order valence-corrected chi connectivity index (χ3v) is 15.6. The Balaban J connectivity index is 1.12. The first-order valence-corrected chi connectivity index (χ1v) is 26.8. The number of aliphatic hydroxyl groups is 5. The van der Waals surface area contributed by atoms with Crippen LogP contribution in [-0.4, -0.2) is 186 Å². The maximum absolute atomic E-state index is 13.9. The number of ether oxygens (including phenoxy) is 6. The topological polar surface area (TPSA) is 250 Å². The van der Waals surface area contributed by atoms with E-state index in [9.17, 15) is 40.2 Å². The summed E-state index contributed by atoms with van der Waals surface area (Å²) < 4.78 is 39.1. The molecule has 0 bridgehead atoms. The Kier molecular flexibility index (Phi) is 21.9. The SMILES string of the molecule is CCC1CC(CCc2ccc(CN3CCCNCCNCCCNCC3)c(Br)c2)CC(OC2OC(CO)C(O)C(O[C@@H](CC3CC3)C(=O)O)C2OC(=O)c2ccccc2)C1OC1OC(C)C(O)C(O)C1O. The molecule has 0 radical (unpaired) electrons. The number of aliphatic hydroxyl groups excluding tert-OH is 5. The second kappa shape index (κ2) is 27.7. The molecule has 0 spiro atoms. The Morgan fingerprint density at radius 3 is 2.23 bits per heavy atom. The van der Waals surface area contributed by atoms with E-state index in [4.69, 9.17) is 28.4 Å². The highest BCUT2D eigenvalue weighted by molar-refractivity contribution is 9.10. The van der Waals surface area contributed by atoms with E-state index in [0.29, 0.717) is 19.3 Å². The Hall–Kier alpha value is -2.70. The quantitative estimate of drug-likeness (QED) is 0.0974. The molecule has 3 aliphatic heterocycles. The zero-order chi connectivity index (χ0) is 50.4. The molecule has 9 N–H and O–H groups in total. The lowest BCUT2D eigenvalue weighted by Gasteiger charge is -2.49. The van der Waals surface area contributed by atoms with Crippen LogP contribution in [0.15, 0.2) is 53.0 Å². The predicted molar refractivity (Wildman–Crippen MR) is 265 cm³/mol. The van der Waals surface area contributed by atoms with Crippen LogP contribution in [0.3, 0.4) is 0 Å². The number of esters is 1. The molecule has 71 heavy (non-hydrogen) atoms. The molecule has 398 valence electrons.